The second-order valence-electron chi connectivity index (χ2n) is 5.74. The summed E-state index contributed by atoms with van der Waals surface area (Å²) in [5.74, 6) is 2.24. The summed E-state index contributed by atoms with van der Waals surface area (Å²) < 4.78 is 12.8. The van der Waals surface area contributed by atoms with Crippen molar-refractivity contribution in [3.05, 3.63) is 66.0 Å². The van der Waals surface area contributed by atoms with Crippen LogP contribution in [0.25, 0.3) is 0 Å². The molecule has 1 aromatic heterocycles. The van der Waals surface area contributed by atoms with Gasteiger partial charge < -0.3 is 9.47 Å². The normalized spacial score (nSPS) is 11.0. The van der Waals surface area contributed by atoms with Crippen LogP contribution in [-0.2, 0) is 5.75 Å². The minimum Gasteiger partial charge on any atom is -0.493 e. The largest absolute Gasteiger partial charge is 0.493 e. The fourth-order valence-electron chi connectivity index (χ4n) is 2.34. The molecule has 7 heteroatoms. The van der Waals surface area contributed by atoms with E-state index in [-0.39, 0.29) is 0 Å². The molecule has 27 heavy (non-hydrogen) atoms. The van der Waals surface area contributed by atoms with Crippen LogP contribution >= 0.6 is 11.8 Å². The molecule has 1 heterocycles. The quantitative estimate of drug-likeness (QED) is 0.409. The standard InChI is InChI=1S/C20H22N4O2S/c1-3-11-26-18-10-9-17(12-19(18)25-2)13-22-24-15-21-23-20(24)27-14-16-7-5-4-6-8-16/h4-10,12-13,15H,3,11,14H2,1-2H3/b22-13-. The van der Waals surface area contributed by atoms with Gasteiger partial charge in [0.05, 0.1) is 19.9 Å². The Kier molecular flexibility index (Phi) is 6.87. The highest BCUT2D eigenvalue weighted by Gasteiger charge is 2.06. The minimum atomic E-state index is 0.659. The molecule has 0 saturated carbocycles. The third kappa shape index (κ3) is 5.34. The molecule has 2 aromatic carbocycles. The highest BCUT2D eigenvalue weighted by molar-refractivity contribution is 7.98. The maximum atomic E-state index is 5.68. The molecular formula is C20H22N4O2S. The van der Waals surface area contributed by atoms with Crippen LogP contribution in [0.1, 0.15) is 24.5 Å². The Morgan fingerprint density at radius 1 is 1.15 bits per heavy atom. The summed E-state index contributed by atoms with van der Waals surface area (Å²) in [4.78, 5) is 0. The van der Waals surface area contributed by atoms with Gasteiger partial charge in [-0.1, -0.05) is 49.0 Å². The van der Waals surface area contributed by atoms with Crippen molar-refractivity contribution in [2.45, 2.75) is 24.3 Å². The van der Waals surface area contributed by atoms with Gasteiger partial charge in [-0.05, 0) is 35.7 Å². The molecule has 0 spiro atoms. The first-order valence-corrected chi connectivity index (χ1v) is 9.70. The van der Waals surface area contributed by atoms with Gasteiger partial charge in [0.2, 0.25) is 5.16 Å². The first-order chi connectivity index (χ1) is 13.3. The van der Waals surface area contributed by atoms with Crippen LogP contribution in [0.4, 0.5) is 0 Å². The number of nitrogens with zero attached hydrogens (tertiary/aromatic N) is 4. The summed E-state index contributed by atoms with van der Waals surface area (Å²) in [7, 11) is 1.63. The van der Waals surface area contributed by atoms with Crippen LogP contribution in [0, 0.1) is 0 Å². The SMILES string of the molecule is CCCOc1ccc(/C=N\n2cnnc2SCc2ccccc2)cc1OC. The molecular weight excluding hydrogens is 360 g/mol. The Labute approximate surface area is 163 Å². The number of hydrogen-bond donors (Lipinski definition) is 0. The Bertz CT molecular complexity index is 881. The molecule has 0 aliphatic rings. The third-order valence-corrected chi connectivity index (χ3v) is 4.70. The highest BCUT2D eigenvalue weighted by atomic mass is 32.2. The van der Waals surface area contributed by atoms with E-state index >= 15 is 0 Å². The topological polar surface area (TPSA) is 61.5 Å². The zero-order chi connectivity index (χ0) is 18.9. The summed E-state index contributed by atoms with van der Waals surface area (Å²) in [5.41, 5.74) is 2.14. The van der Waals surface area contributed by atoms with E-state index in [4.69, 9.17) is 9.47 Å². The average molecular weight is 382 g/mol. The van der Waals surface area contributed by atoms with Gasteiger partial charge >= 0.3 is 0 Å². The lowest BCUT2D eigenvalue weighted by Gasteiger charge is -2.10. The lowest BCUT2D eigenvalue weighted by Crippen LogP contribution is -1.99. The van der Waals surface area contributed by atoms with E-state index < -0.39 is 0 Å². The van der Waals surface area contributed by atoms with Crippen molar-refractivity contribution in [2.75, 3.05) is 13.7 Å². The van der Waals surface area contributed by atoms with E-state index in [1.807, 2.05) is 36.4 Å². The Morgan fingerprint density at radius 2 is 2.00 bits per heavy atom. The number of methoxy groups -OCH3 is 1. The molecule has 0 aliphatic heterocycles. The average Bonchev–Trinajstić information content (AvgIpc) is 3.17. The van der Waals surface area contributed by atoms with E-state index in [2.05, 4.69) is 34.4 Å². The molecule has 0 saturated heterocycles. The summed E-state index contributed by atoms with van der Waals surface area (Å²) in [6.45, 7) is 2.73. The number of rotatable bonds is 9. The van der Waals surface area contributed by atoms with Crippen molar-refractivity contribution < 1.29 is 9.47 Å². The number of aromatic nitrogens is 3. The number of hydrogen-bond acceptors (Lipinski definition) is 6. The van der Waals surface area contributed by atoms with Crippen LogP contribution in [0.3, 0.4) is 0 Å². The molecule has 0 radical (unpaired) electrons. The lowest BCUT2D eigenvalue weighted by atomic mass is 10.2. The van der Waals surface area contributed by atoms with Crippen molar-refractivity contribution in [1.82, 2.24) is 14.9 Å². The maximum Gasteiger partial charge on any atom is 0.212 e. The summed E-state index contributed by atoms with van der Waals surface area (Å²) in [6, 6.07) is 16.0. The second kappa shape index (κ2) is 9.78. The molecule has 0 N–H and O–H groups in total. The van der Waals surface area contributed by atoms with Crippen LogP contribution in [0.15, 0.2) is 65.1 Å². The van der Waals surface area contributed by atoms with Crippen molar-refractivity contribution in [1.29, 1.82) is 0 Å². The Balaban J connectivity index is 1.68. The fraction of sp³-hybridized carbons (Fsp3) is 0.250. The molecule has 3 aromatic rings. The van der Waals surface area contributed by atoms with E-state index in [1.165, 1.54) is 5.56 Å². The molecule has 0 atom stereocenters. The van der Waals surface area contributed by atoms with Crippen LogP contribution in [0.2, 0.25) is 0 Å². The van der Waals surface area contributed by atoms with Crippen LogP contribution in [0.5, 0.6) is 11.5 Å². The lowest BCUT2D eigenvalue weighted by molar-refractivity contribution is 0.294. The zero-order valence-electron chi connectivity index (χ0n) is 15.4. The van der Waals surface area contributed by atoms with Gasteiger partial charge in [0.25, 0.3) is 0 Å². The Hall–Kier alpha value is -2.80. The van der Waals surface area contributed by atoms with Gasteiger partial charge in [-0.25, -0.2) is 0 Å². The molecule has 3 rings (SSSR count). The second-order valence-corrected chi connectivity index (χ2v) is 6.68. The van der Waals surface area contributed by atoms with Crippen LogP contribution in [-0.4, -0.2) is 34.8 Å². The van der Waals surface area contributed by atoms with Gasteiger partial charge in [0, 0.05) is 5.75 Å². The molecule has 0 unspecified atom stereocenters. The van der Waals surface area contributed by atoms with E-state index in [9.17, 15) is 0 Å². The van der Waals surface area contributed by atoms with Crippen LogP contribution < -0.4 is 9.47 Å². The first kappa shape index (κ1) is 19.0. The van der Waals surface area contributed by atoms with Gasteiger partial charge in [0.15, 0.2) is 11.5 Å². The number of thioether (sulfide) groups is 1. The number of benzene rings is 2. The zero-order valence-corrected chi connectivity index (χ0v) is 16.2. The highest BCUT2D eigenvalue weighted by Crippen LogP contribution is 2.27. The van der Waals surface area contributed by atoms with Gasteiger partial charge in [-0.15, -0.1) is 10.2 Å². The summed E-state index contributed by atoms with van der Waals surface area (Å²) >= 11 is 1.59. The van der Waals surface area contributed by atoms with Crippen molar-refractivity contribution in [3.8, 4) is 11.5 Å². The molecule has 6 nitrogen and oxygen atoms in total. The van der Waals surface area contributed by atoms with Gasteiger partial charge in [-0.2, -0.15) is 9.78 Å². The minimum absolute atomic E-state index is 0.659. The van der Waals surface area contributed by atoms with E-state index in [1.54, 1.807) is 36.1 Å². The maximum absolute atomic E-state index is 5.68. The third-order valence-electron chi connectivity index (χ3n) is 3.69. The Morgan fingerprint density at radius 3 is 2.78 bits per heavy atom. The predicted molar refractivity (Wildman–Crippen MR) is 108 cm³/mol. The van der Waals surface area contributed by atoms with Gasteiger partial charge in [-0.3, -0.25) is 0 Å². The molecule has 140 valence electrons. The van der Waals surface area contributed by atoms with Gasteiger partial charge in [0.1, 0.15) is 6.33 Å². The van der Waals surface area contributed by atoms with Crippen molar-refractivity contribution in [3.63, 3.8) is 0 Å². The summed E-state index contributed by atoms with van der Waals surface area (Å²) in [6.07, 6.45) is 4.30. The van der Waals surface area contributed by atoms with Crippen molar-refractivity contribution in [2.24, 2.45) is 5.10 Å². The summed E-state index contributed by atoms with van der Waals surface area (Å²) in [5, 5.41) is 13.3. The van der Waals surface area contributed by atoms with Crippen molar-refractivity contribution >= 4 is 18.0 Å². The first-order valence-electron chi connectivity index (χ1n) is 8.72. The predicted octanol–water partition coefficient (Wildman–Crippen LogP) is 4.25. The molecule has 0 fully saturated rings. The fourth-order valence-corrected chi connectivity index (χ4v) is 3.16. The number of ether oxygens (including phenoxy) is 2. The van der Waals surface area contributed by atoms with E-state index in [0.717, 1.165) is 28.6 Å². The monoisotopic (exact) mass is 382 g/mol. The van der Waals surface area contributed by atoms with E-state index in [0.29, 0.717) is 12.4 Å². The smallest absolute Gasteiger partial charge is 0.212 e. The molecule has 0 amide bonds. The molecule has 0 aliphatic carbocycles. The molecule has 0 bridgehead atoms.